The van der Waals surface area contributed by atoms with Crippen LogP contribution in [0.1, 0.15) is 101 Å². The lowest BCUT2D eigenvalue weighted by Crippen LogP contribution is -2.48. The van der Waals surface area contributed by atoms with Gasteiger partial charge in [-0.1, -0.05) is 38.2 Å². The second kappa shape index (κ2) is 7.85. The fourth-order valence-corrected chi connectivity index (χ4v) is 7.50. The van der Waals surface area contributed by atoms with Crippen molar-refractivity contribution in [2.75, 3.05) is 0 Å². The van der Waals surface area contributed by atoms with Gasteiger partial charge in [-0.15, -0.1) is 0 Å². The van der Waals surface area contributed by atoms with Crippen molar-refractivity contribution in [3.8, 4) is 0 Å². The molecule has 0 unspecified atom stereocenters. The Morgan fingerprint density at radius 3 is 2.83 bits per heavy atom. The normalized spacial score (nSPS) is 47.8. The van der Waals surface area contributed by atoms with Gasteiger partial charge >= 0.3 is 5.97 Å². The van der Waals surface area contributed by atoms with Gasteiger partial charge < -0.3 is 4.74 Å². The third-order valence-electron chi connectivity index (χ3n) is 9.14. The lowest BCUT2D eigenvalue weighted by atomic mass is 9.52. The Bertz CT molecular complexity index is 817. The Kier molecular flexibility index (Phi) is 4.48. The molecule has 3 nitrogen and oxygen atoms in total. The molecule has 0 aromatic heterocycles. The van der Waals surface area contributed by atoms with Crippen molar-refractivity contribution in [2.24, 2.45) is 35.0 Å². The van der Waals surface area contributed by atoms with Crippen LogP contribution in [0.15, 0.2) is 11.6 Å². The van der Waals surface area contributed by atoms with Gasteiger partial charge in [-0.3, -0.25) is 9.59 Å². The van der Waals surface area contributed by atoms with E-state index in [0.717, 1.165) is 38.5 Å². The van der Waals surface area contributed by atoms with Crippen LogP contribution in [-0.2, 0) is 14.3 Å². The van der Waals surface area contributed by atoms with Gasteiger partial charge in [0.1, 0.15) is 6.08 Å². The number of ether oxygens (including phenoxy) is 1. The summed E-state index contributed by atoms with van der Waals surface area (Å²) in [6, 6.07) is 0. The van der Waals surface area contributed by atoms with Crippen LogP contribution >= 0.6 is 0 Å². The van der Waals surface area contributed by atoms with E-state index in [4.69, 9.17) is 7.48 Å². The minimum atomic E-state index is -1.84. The van der Waals surface area contributed by atoms with E-state index in [9.17, 15) is 11.0 Å². The SMILES string of the molecule is [2H]C1([2H])C[C@H]2[C@@H]3CCC4=CC(=O)CC[C@@H]4[C@H]3CC[C@]2(C)[C@@]1([2H])OC(=O)CCC1CCCC1. The second-order valence-electron chi connectivity index (χ2n) is 10.6. The van der Waals surface area contributed by atoms with Crippen LogP contribution in [-0.4, -0.2) is 17.8 Å². The number of hydrogen-bond donors (Lipinski definition) is 0. The number of carbonyl (C=O) groups excluding carboxylic acids is 2. The van der Waals surface area contributed by atoms with Crippen LogP contribution in [0.4, 0.5) is 0 Å². The smallest absolute Gasteiger partial charge is 0.306 e. The molecule has 0 aromatic rings. The standard InChI is InChI=1S/C26H38O3/c1-26-15-14-21-20-10-8-19(27)16-18(20)7-9-22(21)23(26)11-12-24(26)29-25(28)13-6-17-4-2-3-5-17/h16-17,20-24H,2-15H2,1H3/t20-,21+,22+,23-,24-,26-/m0/s1/i12D2,24D. The number of fused-ring (bicyclic) bond motifs is 5. The number of ketones is 1. The van der Waals surface area contributed by atoms with Gasteiger partial charge in [0.05, 0.1) is 1.37 Å². The number of rotatable bonds is 4. The van der Waals surface area contributed by atoms with Crippen molar-refractivity contribution in [2.45, 2.75) is 103 Å². The zero-order valence-corrected chi connectivity index (χ0v) is 17.9. The molecule has 0 aliphatic heterocycles. The minimum Gasteiger partial charge on any atom is -0.462 e. The zero-order chi connectivity index (χ0) is 22.7. The van der Waals surface area contributed by atoms with Crippen LogP contribution in [0.25, 0.3) is 0 Å². The highest BCUT2D eigenvalue weighted by atomic mass is 16.5. The van der Waals surface area contributed by atoms with Crippen LogP contribution in [0, 0.1) is 35.0 Å². The first-order valence-electron chi connectivity index (χ1n) is 13.6. The number of hydrogen-bond acceptors (Lipinski definition) is 3. The van der Waals surface area contributed by atoms with Crippen LogP contribution < -0.4 is 0 Å². The highest BCUT2D eigenvalue weighted by Crippen LogP contribution is 2.62. The Balaban J connectivity index is 1.34. The molecule has 160 valence electrons. The summed E-state index contributed by atoms with van der Waals surface area (Å²) in [4.78, 5) is 24.7. The van der Waals surface area contributed by atoms with E-state index < -0.39 is 17.9 Å². The fraction of sp³-hybridized carbons (Fsp3) is 0.846. The largest absolute Gasteiger partial charge is 0.462 e. The van der Waals surface area contributed by atoms with E-state index in [0.29, 0.717) is 42.9 Å². The predicted octanol–water partition coefficient (Wildman–Crippen LogP) is 6.01. The third-order valence-corrected chi connectivity index (χ3v) is 9.14. The van der Waals surface area contributed by atoms with Crippen LogP contribution in [0.3, 0.4) is 0 Å². The number of carbonyl (C=O) groups is 2. The average Bonchev–Trinajstić information content (AvgIpc) is 3.31. The van der Waals surface area contributed by atoms with Crippen molar-refractivity contribution in [3.05, 3.63) is 11.6 Å². The molecular formula is C26H38O3. The summed E-state index contributed by atoms with van der Waals surface area (Å²) >= 11 is 0. The first kappa shape index (κ1) is 16.6. The lowest BCUT2D eigenvalue weighted by molar-refractivity contribution is -0.159. The summed E-state index contributed by atoms with van der Waals surface area (Å²) in [7, 11) is 0. The van der Waals surface area contributed by atoms with Gasteiger partial charge in [-0.25, -0.2) is 0 Å². The third kappa shape index (κ3) is 3.61. The van der Waals surface area contributed by atoms with Gasteiger partial charge in [0, 0.05) is 21.0 Å². The van der Waals surface area contributed by atoms with Crippen molar-refractivity contribution >= 4 is 11.8 Å². The lowest BCUT2D eigenvalue weighted by Gasteiger charge is -2.53. The monoisotopic (exact) mass is 401 g/mol. The molecule has 6 atom stereocenters. The molecule has 0 radical (unpaired) electrons. The molecule has 5 rings (SSSR count). The molecule has 3 heteroatoms. The summed E-state index contributed by atoms with van der Waals surface area (Å²) in [6.45, 7) is 2.02. The first-order valence-corrected chi connectivity index (χ1v) is 12.1. The maximum Gasteiger partial charge on any atom is 0.306 e. The first-order chi connectivity index (χ1) is 15.1. The predicted molar refractivity (Wildman–Crippen MR) is 113 cm³/mol. The summed E-state index contributed by atoms with van der Waals surface area (Å²) in [5.41, 5.74) is 0.648. The highest BCUT2D eigenvalue weighted by molar-refractivity contribution is 5.91. The Labute approximate surface area is 180 Å². The van der Waals surface area contributed by atoms with Gasteiger partial charge in [0.25, 0.3) is 0 Å². The maximum atomic E-state index is 12.8. The van der Waals surface area contributed by atoms with E-state index in [1.54, 1.807) is 0 Å². The quantitative estimate of drug-likeness (QED) is 0.542. The molecule has 0 N–H and O–H groups in total. The molecule has 4 fully saturated rings. The zero-order valence-electron chi connectivity index (χ0n) is 20.9. The molecule has 0 spiro atoms. The Hall–Kier alpha value is -1.12. The van der Waals surface area contributed by atoms with Gasteiger partial charge in [0.15, 0.2) is 5.78 Å². The number of allylic oxidation sites excluding steroid dienone is 1. The molecule has 0 bridgehead atoms. The minimum absolute atomic E-state index is 0.0514. The summed E-state index contributed by atoms with van der Waals surface area (Å²) in [6.07, 6.45) is 9.52. The Morgan fingerprint density at radius 2 is 2.00 bits per heavy atom. The van der Waals surface area contributed by atoms with Crippen molar-refractivity contribution in [1.29, 1.82) is 0 Å². The van der Waals surface area contributed by atoms with E-state index >= 15 is 0 Å². The summed E-state index contributed by atoms with van der Waals surface area (Å²) in [5.74, 6) is 1.75. The molecule has 0 amide bonds. The van der Waals surface area contributed by atoms with E-state index in [1.165, 1.54) is 31.3 Å². The maximum absolute atomic E-state index is 12.8. The van der Waals surface area contributed by atoms with Crippen molar-refractivity contribution in [3.63, 3.8) is 0 Å². The highest BCUT2D eigenvalue weighted by Gasteiger charge is 2.57. The Morgan fingerprint density at radius 1 is 1.17 bits per heavy atom. The van der Waals surface area contributed by atoms with E-state index in [1.807, 2.05) is 13.0 Å². The average molecular weight is 402 g/mol. The molecule has 4 saturated carbocycles. The van der Waals surface area contributed by atoms with E-state index in [2.05, 4.69) is 0 Å². The molecule has 29 heavy (non-hydrogen) atoms. The van der Waals surface area contributed by atoms with Gasteiger partial charge in [-0.2, -0.15) is 0 Å². The molecule has 0 saturated heterocycles. The summed E-state index contributed by atoms with van der Waals surface area (Å²) in [5, 5.41) is 0. The van der Waals surface area contributed by atoms with Crippen molar-refractivity contribution < 1.29 is 18.4 Å². The molecule has 0 heterocycles. The van der Waals surface area contributed by atoms with Gasteiger partial charge in [0.2, 0.25) is 0 Å². The van der Waals surface area contributed by atoms with E-state index in [-0.39, 0.29) is 17.7 Å². The van der Waals surface area contributed by atoms with Crippen molar-refractivity contribution in [1.82, 2.24) is 0 Å². The van der Waals surface area contributed by atoms with Gasteiger partial charge in [-0.05, 0) is 87.0 Å². The van der Waals surface area contributed by atoms with Crippen LogP contribution in [0.5, 0.6) is 0 Å². The fourth-order valence-electron chi connectivity index (χ4n) is 7.50. The molecule has 0 aromatic carbocycles. The summed E-state index contributed by atoms with van der Waals surface area (Å²) < 4.78 is 32.7. The molecule has 5 aliphatic rings. The van der Waals surface area contributed by atoms with Crippen LogP contribution in [0.2, 0.25) is 0 Å². The molecule has 5 aliphatic carbocycles. The topological polar surface area (TPSA) is 43.4 Å². The second-order valence-corrected chi connectivity index (χ2v) is 10.6. The number of esters is 1. The molecular weight excluding hydrogens is 360 g/mol.